The van der Waals surface area contributed by atoms with Gasteiger partial charge < -0.3 is 5.73 Å². The Hall–Kier alpha value is -0.930. The molecule has 0 bridgehead atoms. The Morgan fingerprint density at radius 2 is 1.84 bits per heavy atom. The van der Waals surface area contributed by atoms with Gasteiger partial charge >= 0.3 is 6.18 Å². The second-order valence-corrected chi connectivity index (χ2v) is 5.72. The van der Waals surface area contributed by atoms with E-state index in [4.69, 9.17) is 5.73 Å². The summed E-state index contributed by atoms with van der Waals surface area (Å²) in [4.78, 5) is 11.6. The number of nitrogens with two attached hydrogens (primary N) is 1. The molecule has 1 rings (SSSR count). The van der Waals surface area contributed by atoms with E-state index in [1.54, 1.807) is 20.8 Å². The van der Waals surface area contributed by atoms with Gasteiger partial charge in [-0.15, -0.1) is 22.6 Å². The molecule has 110 valence electrons. The molecule has 5 nitrogen and oxygen atoms in total. The lowest BCUT2D eigenvalue weighted by molar-refractivity contribution is -0.138. The van der Waals surface area contributed by atoms with Crippen molar-refractivity contribution in [2.24, 2.45) is 11.1 Å². The number of hydrogen-bond donors (Lipinski definition) is 2. The van der Waals surface area contributed by atoms with Gasteiger partial charge in [-0.2, -0.15) is 13.2 Å². The molecule has 0 fully saturated rings. The summed E-state index contributed by atoms with van der Waals surface area (Å²) in [6.45, 7) is 5.25. The first kappa shape index (κ1) is 18.1. The fourth-order valence-electron chi connectivity index (χ4n) is 0.965. The summed E-state index contributed by atoms with van der Waals surface area (Å²) in [6, 6.07) is -0.851. The van der Waals surface area contributed by atoms with E-state index < -0.39 is 28.5 Å². The Labute approximate surface area is 118 Å². The topological polar surface area (TPSA) is 80.9 Å². The van der Waals surface area contributed by atoms with E-state index in [0.29, 0.717) is 0 Å². The average molecular weight is 319 g/mol. The number of alkyl halides is 3. The minimum Gasteiger partial charge on any atom is -0.319 e. The van der Waals surface area contributed by atoms with E-state index >= 15 is 0 Å². The average Bonchev–Trinajstić information content (AvgIpc) is 2.62. The highest BCUT2D eigenvalue weighted by molar-refractivity contribution is 7.15. The third kappa shape index (κ3) is 4.92. The van der Waals surface area contributed by atoms with Gasteiger partial charge in [0.25, 0.3) is 0 Å². The van der Waals surface area contributed by atoms with Crippen molar-refractivity contribution in [3.8, 4) is 0 Å². The number of nitrogens with zero attached hydrogens (tertiary/aromatic N) is 2. The number of carbonyl (C=O) groups is 1. The summed E-state index contributed by atoms with van der Waals surface area (Å²) in [5.41, 5.74) is 5.16. The molecule has 1 amide bonds. The van der Waals surface area contributed by atoms with E-state index in [1.165, 1.54) is 0 Å². The fraction of sp³-hybridized carbons (Fsp3) is 0.667. The van der Waals surface area contributed by atoms with Crippen molar-refractivity contribution in [2.75, 3.05) is 5.32 Å². The number of carbonyl (C=O) groups excluding carboxylic acids is 1. The van der Waals surface area contributed by atoms with Crippen LogP contribution in [0, 0.1) is 5.41 Å². The molecule has 0 aromatic carbocycles. The summed E-state index contributed by atoms with van der Waals surface area (Å²) >= 11 is 0.261. The lowest BCUT2D eigenvalue weighted by atomic mass is 9.87. The predicted molar refractivity (Wildman–Crippen MR) is 68.2 cm³/mol. The molecular formula is C9H14ClF3N4OS. The van der Waals surface area contributed by atoms with Gasteiger partial charge in [-0.1, -0.05) is 32.1 Å². The lowest BCUT2D eigenvalue weighted by Gasteiger charge is -2.25. The van der Waals surface area contributed by atoms with Gasteiger partial charge in [0.05, 0.1) is 6.04 Å². The van der Waals surface area contributed by atoms with Crippen LogP contribution in [0.15, 0.2) is 0 Å². The lowest BCUT2D eigenvalue weighted by Crippen LogP contribution is -2.45. The number of amides is 1. The van der Waals surface area contributed by atoms with E-state index in [1.807, 2.05) is 0 Å². The minimum absolute atomic E-state index is 0. The Morgan fingerprint density at radius 3 is 2.21 bits per heavy atom. The molecule has 1 atom stereocenters. The molecule has 0 radical (unpaired) electrons. The first-order chi connectivity index (χ1) is 8.01. The normalized spacial score (nSPS) is 13.6. The summed E-state index contributed by atoms with van der Waals surface area (Å²) in [7, 11) is 0. The zero-order valence-electron chi connectivity index (χ0n) is 10.4. The van der Waals surface area contributed by atoms with E-state index in [2.05, 4.69) is 15.5 Å². The molecule has 0 aliphatic rings. The monoisotopic (exact) mass is 318 g/mol. The predicted octanol–water partition coefficient (Wildman–Crippen LogP) is 2.29. The zero-order chi connectivity index (χ0) is 14.1. The molecule has 0 unspecified atom stereocenters. The molecule has 1 heterocycles. The van der Waals surface area contributed by atoms with Crippen molar-refractivity contribution < 1.29 is 18.0 Å². The molecule has 0 spiro atoms. The largest absolute Gasteiger partial charge is 0.445 e. The quantitative estimate of drug-likeness (QED) is 0.876. The maximum atomic E-state index is 12.3. The van der Waals surface area contributed by atoms with E-state index in [9.17, 15) is 18.0 Å². The summed E-state index contributed by atoms with van der Waals surface area (Å²) in [5, 5.41) is 7.09. The van der Waals surface area contributed by atoms with Crippen LogP contribution in [0.4, 0.5) is 18.3 Å². The maximum Gasteiger partial charge on any atom is 0.445 e. The molecule has 0 saturated heterocycles. The summed E-state index contributed by atoms with van der Waals surface area (Å²) in [5.74, 6) is -0.590. The maximum absolute atomic E-state index is 12.3. The van der Waals surface area contributed by atoms with Crippen LogP contribution in [-0.4, -0.2) is 22.1 Å². The van der Waals surface area contributed by atoms with Crippen molar-refractivity contribution in [3.63, 3.8) is 0 Å². The highest BCUT2D eigenvalue weighted by atomic mass is 35.5. The Morgan fingerprint density at radius 1 is 1.32 bits per heavy atom. The van der Waals surface area contributed by atoms with Gasteiger partial charge in [-0.3, -0.25) is 10.1 Å². The van der Waals surface area contributed by atoms with Crippen LogP contribution >= 0.6 is 23.7 Å². The van der Waals surface area contributed by atoms with Crippen LogP contribution in [-0.2, 0) is 11.0 Å². The highest BCUT2D eigenvalue weighted by Gasteiger charge is 2.36. The third-order valence-corrected chi connectivity index (χ3v) is 3.00. The highest BCUT2D eigenvalue weighted by Crippen LogP contribution is 2.33. The first-order valence-electron chi connectivity index (χ1n) is 4.99. The molecule has 0 saturated carbocycles. The smallest absolute Gasteiger partial charge is 0.319 e. The van der Waals surface area contributed by atoms with Gasteiger partial charge in [0, 0.05) is 0 Å². The standard InChI is InChI=1S/C9H13F3N4OS.ClH/c1-8(2,3)4(13)5(17)14-7-16-15-6(18-7)9(10,11)12;/h4H,13H2,1-3H3,(H,14,16,17);1H/t4-;/m1./s1. The van der Waals surface area contributed by atoms with Crippen LogP contribution in [0.5, 0.6) is 0 Å². The molecule has 1 aromatic rings. The van der Waals surface area contributed by atoms with Crippen LogP contribution in [0.2, 0.25) is 0 Å². The van der Waals surface area contributed by atoms with Crippen molar-refractivity contribution in [1.29, 1.82) is 0 Å². The van der Waals surface area contributed by atoms with Crippen molar-refractivity contribution in [3.05, 3.63) is 5.01 Å². The number of aromatic nitrogens is 2. The van der Waals surface area contributed by atoms with Gasteiger partial charge in [0.1, 0.15) is 0 Å². The molecule has 0 aliphatic heterocycles. The van der Waals surface area contributed by atoms with Gasteiger partial charge in [-0.25, -0.2) is 0 Å². The Balaban J connectivity index is 0.00000324. The van der Waals surface area contributed by atoms with Gasteiger partial charge in [0.15, 0.2) is 0 Å². The van der Waals surface area contributed by atoms with Gasteiger partial charge in [-0.05, 0) is 5.41 Å². The van der Waals surface area contributed by atoms with Gasteiger partial charge in [0.2, 0.25) is 16.0 Å². The minimum atomic E-state index is -4.56. The molecule has 1 aromatic heterocycles. The number of nitrogens with one attached hydrogen (secondary N) is 1. The summed E-state index contributed by atoms with van der Waals surface area (Å²) < 4.78 is 36.8. The molecule has 3 N–H and O–H groups in total. The molecule has 19 heavy (non-hydrogen) atoms. The second-order valence-electron chi connectivity index (χ2n) is 4.74. The van der Waals surface area contributed by atoms with Crippen molar-refractivity contribution in [1.82, 2.24) is 10.2 Å². The fourth-order valence-corrected chi connectivity index (χ4v) is 1.58. The number of halogens is 4. The molecule has 0 aliphatic carbocycles. The van der Waals surface area contributed by atoms with E-state index in [-0.39, 0.29) is 28.9 Å². The number of anilines is 1. The second kappa shape index (κ2) is 6.02. The SMILES string of the molecule is CC(C)(C)[C@H](N)C(=O)Nc1nnc(C(F)(F)F)s1.Cl. The Kier molecular flexibility index (Phi) is 5.72. The molecule has 10 heteroatoms. The first-order valence-corrected chi connectivity index (χ1v) is 5.80. The van der Waals surface area contributed by atoms with Crippen LogP contribution in [0.3, 0.4) is 0 Å². The van der Waals surface area contributed by atoms with Crippen LogP contribution in [0.1, 0.15) is 25.8 Å². The summed E-state index contributed by atoms with van der Waals surface area (Å²) in [6.07, 6.45) is -4.56. The van der Waals surface area contributed by atoms with Crippen molar-refractivity contribution >= 4 is 34.8 Å². The zero-order valence-corrected chi connectivity index (χ0v) is 12.0. The molecular weight excluding hydrogens is 305 g/mol. The van der Waals surface area contributed by atoms with Crippen LogP contribution in [0.25, 0.3) is 0 Å². The van der Waals surface area contributed by atoms with Crippen molar-refractivity contribution in [2.45, 2.75) is 33.0 Å². The number of hydrogen-bond acceptors (Lipinski definition) is 5. The Bertz CT molecular complexity index is 443. The van der Waals surface area contributed by atoms with E-state index in [0.717, 1.165) is 0 Å². The third-order valence-electron chi connectivity index (χ3n) is 2.11. The number of rotatable bonds is 2. The van der Waals surface area contributed by atoms with Crippen LogP contribution < -0.4 is 11.1 Å².